The van der Waals surface area contributed by atoms with Crippen LogP contribution in [0.25, 0.3) is 0 Å². The highest BCUT2D eigenvalue weighted by molar-refractivity contribution is 5.82. The summed E-state index contributed by atoms with van der Waals surface area (Å²) < 4.78 is 25.8. The van der Waals surface area contributed by atoms with E-state index in [2.05, 4.69) is 5.84 Å². The number of carbonyl (C=O) groups excluding carboxylic acids is 1. The lowest BCUT2D eigenvalue weighted by Crippen LogP contribution is -2.49. The number of nitriles is 1. The summed E-state index contributed by atoms with van der Waals surface area (Å²) in [5, 5.41) is 8.21. The Morgan fingerprint density at radius 2 is 2.29 bits per heavy atom. The van der Waals surface area contributed by atoms with Crippen LogP contribution in [0, 0.1) is 11.3 Å². The molecule has 0 aliphatic carbocycles. The smallest absolute Gasteiger partial charge is 0.299 e. The van der Waals surface area contributed by atoms with Crippen molar-refractivity contribution in [3.05, 3.63) is 0 Å². The average molecular weight is 206 g/mol. The van der Waals surface area contributed by atoms with Gasteiger partial charge in [0.05, 0.1) is 12.6 Å². The van der Waals surface area contributed by atoms with Gasteiger partial charge in [0, 0.05) is 13.0 Å². The third-order valence-corrected chi connectivity index (χ3v) is 1.54. The fourth-order valence-electron chi connectivity index (χ4n) is 0.836. The highest BCUT2D eigenvalue weighted by atomic mass is 19.3. The molecule has 0 atom stereocenters. The summed E-state index contributed by atoms with van der Waals surface area (Å²) >= 11 is 0. The number of hydrogen-bond acceptors (Lipinski definition) is 4. The molecular weight excluding hydrogens is 194 g/mol. The van der Waals surface area contributed by atoms with E-state index in [9.17, 15) is 13.6 Å². The minimum atomic E-state index is -3.53. The molecule has 0 rings (SSSR count). The minimum Gasteiger partial charge on any atom is -0.299 e. The molecule has 7 heteroatoms. The molecule has 0 aromatic rings. The summed E-state index contributed by atoms with van der Waals surface area (Å²) in [7, 11) is 1.40. The van der Waals surface area contributed by atoms with E-state index in [0.29, 0.717) is 0 Å². The fraction of sp³-hybridized carbons (Fsp3) is 0.714. The van der Waals surface area contributed by atoms with Gasteiger partial charge in [0.25, 0.3) is 0 Å². The lowest BCUT2D eigenvalue weighted by atomic mass is 10.3. The molecule has 0 unspecified atom stereocenters. The molecule has 80 valence electrons. The molecule has 0 saturated carbocycles. The lowest BCUT2D eigenvalue weighted by Gasteiger charge is -2.21. The van der Waals surface area contributed by atoms with Gasteiger partial charge in [-0.1, -0.05) is 0 Å². The number of carbonyl (C=O) groups is 1. The molecule has 0 fully saturated rings. The second kappa shape index (κ2) is 5.47. The van der Waals surface area contributed by atoms with Crippen molar-refractivity contribution in [2.75, 3.05) is 20.1 Å². The van der Waals surface area contributed by atoms with E-state index in [1.807, 2.05) is 6.07 Å². The van der Waals surface area contributed by atoms with E-state index in [4.69, 9.17) is 5.26 Å². The van der Waals surface area contributed by atoms with Crippen LogP contribution in [0.4, 0.5) is 8.78 Å². The van der Waals surface area contributed by atoms with Gasteiger partial charge in [-0.25, -0.2) is 5.84 Å². The molecule has 1 amide bonds. The first-order valence-corrected chi connectivity index (χ1v) is 3.88. The molecule has 0 aromatic heterocycles. The fourth-order valence-corrected chi connectivity index (χ4v) is 0.836. The Kier molecular flexibility index (Phi) is 4.97. The predicted octanol–water partition coefficient (Wildman–Crippen LogP) is -0.543. The first-order chi connectivity index (χ1) is 6.44. The van der Waals surface area contributed by atoms with Gasteiger partial charge in [-0.3, -0.25) is 15.1 Å². The predicted molar refractivity (Wildman–Crippen MR) is 45.0 cm³/mol. The van der Waals surface area contributed by atoms with Crippen molar-refractivity contribution >= 4 is 5.91 Å². The minimum absolute atomic E-state index is 0.136. The molecule has 0 aromatic carbocycles. The Balaban J connectivity index is 4.08. The van der Waals surface area contributed by atoms with Gasteiger partial charge in [-0.15, -0.1) is 0 Å². The van der Waals surface area contributed by atoms with Crippen LogP contribution >= 0.6 is 0 Å². The van der Waals surface area contributed by atoms with Gasteiger partial charge >= 0.3 is 11.8 Å². The van der Waals surface area contributed by atoms with E-state index in [-0.39, 0.29) is 13.0 Å². The third-order valence-electron chi connectivity index (χ3n) is 1.54. The quantitative estimate of drug-likeness (QED) is 0.359. The van der Waals surface area contributed by atoms with Crippen molar-refractivity contribution in [1.29, 1.82) is 5.26 Å². The van der Waals surface area contributed by atoms with Gasteiger partial charge < -0.3 is 0 Å². The van der Waals surface area contributed by atoms with Crippen molar-refractivity contribution in [3.8, 4) is 6.07 Å². The molecular formula is C7H12F2N4O. The van der Waals surface area contributed by atoms with Crippen LogP contribution in [0.1, 0.15) is 6.42 Å². The van der Waals surface area contributed by atoms with Gasteiger partial charge in [-0.05, 0) is 7.05 Å². The zero-order valence-electron chi connectivity index (χ0n) is 7.76. The number of rotatable bonds is 5. The number of hydrazine groups is 1. The zero-order chi connectivity index (χ0) is 11.2. The number of halogens is 2. The van der Waals surface area contributed by atoms with Crippen LogP contribution in [-0.2, 0) is 4.79 Å². The van der Waals surface area contributed by atoms with Crippen LogP contribution in [-0.4, -0.2) is 36.9 Å². The Morgan fingerprint density at radius 1 is 1.71 bits per heavy atom. The summed E-state index contributed by atoms with van der Waals surface area (Å²) in [5.41, 5.74) is 1.39. The number of alkyl halides is 2. The van der Waals surface area contributed by atoms with Crippen molar-refractivity contribution < 1.29 is 13.6 Å². The Bertz CT molecular complexity index is 238. The van der Waals surface area contributed by atoms with Crippen LogP contribution in [0.2, 0.25) is 0 Å². The molecule has 3 N–H and O–H groups in total. The van der Waals surface area contributed by atoms with Gasteiger partial charge in [0.15, 0.2) is 0 Å². The van der Waals surface area contributed by atoms with Crippen molar-refractivity contribution in [2.24, 2.45) is 5.84 Å². The first kappa shape index (κ1) is 12.7. The van der Waals surface area contributed by atoms with E-state index in [1.54, 1.807) is 0 Å². The second-order valence-electron chi connectivity index (χ2n) is 2.82. The van der Waals surface area contributed by atoms with Crippen LogP contribution in [0.5, 0.6) is 0 Å². The van der Waals surface area contributed by atoms with Crippen molar-refractivity contribution in [2.45, 2.75) is 12.3 Å². The number of hydrogen-bond donors (Lipinski definition) is 2. The molecule has 0 spiro atoms. The number of amides is 1. The standard InChI is InChI=1S/C7H12F2N4O/c1-13(4-2-3-10)5-7(8,9)6(14)12-11/h2,4-5,11H2,1H3,(H,12,14). The topological polar surface area (TPSA) is 82.2 Å². The lowest BCUT2D eigenvalue weighted by molar-refractivity contribution is -0.147. The SMILES string of the molecule is CN(CCC#N)CC(F)(F)C(=O)NN. The molecule has 0 radical (unpaired) electrons. The van der Waals surface area contributed by atoms with E-state index >= 15 is 0 Å². The molecule has 0 aliphatic rings. The maximum absolute atomic E-state index is 12.9. The van der Waals surface area contributed by atoms with Gasteiger partial charge in [-0.2, -0.15) is 14.0 Å². The van der Waals surface area contributed by atoms with Gasteiger partial charge in [0.2, 0.25) is 0 Å². The highest BCUT2D eigenvalue weighted by Crippen LogP contribution is 2.14. The second-order valence-corrected chi connectivity index (χ2v) is 2.82. The highest BCUT2D eigenvalue weighted by Gasteiger charge is 2.39. The van der Waals surface area contributed by atoms with Crippen LogP contribution < -0.4 is 11.3 Å². The van der Waals surface area contributed by atoms with E-state index in [1.165, 1.54) is 17.4 Å². The number of nitrogens with zero attached hydrogens (tertiary/aromatic N) is 2. The summed E-state index contributed by atoms with van der Waals surface area (Å²) in [5.74, 6) is -0.472. The zero-order valence-corrected chi connectivity index (χ0v) is 7.76. The van der Waals surface area contributed by atoms with Crippen LogP contribution in [0.15, 0.2) is 0 Å². The molecule has 0 aliphatic heterocycles. The molecule has 0 bridgehead atoms. The normalized spacial score (nSPS) is 11.1. The monoisotopic (exact) mass is 206 g/mol. The largest absolute Gasteiger partial charge is 0.338 e. The first-order valence-electron chi connectivity index (χ1n) is 3.88. The maximum atomic E-state index is 12.9. The third kappa shape index (κ3) is 4.11. The molecule has 0 heterocycles. The molecule has 0 saturated heterocycles. The van der Waals surface area contributed by atoms with Crippen LogP contribution in [0.3, 0.4) is 0 Å². The van der Waals surface area contributed by atoms with Crippen molar-refractivity contribution in [3.63, 3.8) is 0 Å². The Hall–Kier alpha value is -1.26. The van der Waals surface area contributed by atoms with E-state index in [0.717, 1.165) is 0 Å². The molecule has 14 heavy (non-hydrogen) atoms. The molecule has 5 nitrogen and oxygen atoms in total. The maximum Gasteiger partial charge on any atom is 0.338 e. The summed E-state index contributed by atoms with van der Waals surface area (Å²) in [6.07, 6.45) is 0.136. The Labute approximate surface area is 80.4 Å². The van der Waals surface area contributed by atoms with E-state index < -0.39 is 18.4 Å². The number of nitrogens with one attached hydrogen (secondary N) is 1. The van der Waals surface area contributed by atoms with Gasteiger partial charge in [0.1, 0.15) is 0 Å². The summed E-state index contributed by atoms with van der Waals surface area (Å²) in [6.45, 7) is -0.568. The number of nitrogens with two attached hydrogens (primary N) is 1. The summed E-state index contributed by atoms with van der Waals surface area (Å²) in [6, 6.07) is 1.82. The Morgan fingerprint density at radius 3 is 2.71 bits per heavy atom. The summed E-state index contributed by atoms with van der Waals surface area (Å²) in [4.78, 5) is 11.8. The van der Waals surface area contributed by atoms with Crippen molar-refractivity contribution in [1.82, 2.24) is 10.3 Å². The average Bonchev–Trinajstić information content (AvgIpc) is 2.12.